The molecule has 2 heterocycles. The number of benzene rings is 2. The van der Waals surface area contributed by atoms with Gasteiger partial charge in [-0.05, 0) is 42.7 Å². The van der Waals surface area contributed by atoms with Crippen molar-refractivity contribution in [2.75, 3.05) is 12.4 Å². The fraction of sp³-hybridized carbons (Fsp3) is 0.261. The summed E-state index contributed by atoms with van der Waals surface area (Å²) in [5.41, 5.74) is 0.201. The number of amidine groups is 1. The Hall–Kier alpha value is -3.66. The zero-order valence-corrected chi connectivity index (χ0v) is 18.6. The Morgan fingerprint density at radius 1 is 1.24 bits per heavy atom. The molecule has 1 aliphatic carbocycles. The second kappa shape index (κ2) is 7.73. The maximum absolute atomic E-state index is 13.5. The lowest BCUT2D eigenvalue weighted by Crippen LogP contribution is -2.33. The first kappa shape index (κ1) is 21.2. The Bertz CT molecular complexity index is 1500. The highest BCUT2D eigenvalue weighted by Crippen LogP contribution is 2.35. The van der Waals surface area contributed by atoms with E-state index in [1.165, 1.54) is 25.2 Å². The van der Waals surface area contributed by atoms with Crippen LogP contribution in [0.4, 0.5) is 5.69 Å². The standard InChI is InChI=1S/C23H22N4O5S/c1-24-22(29)14-8-9-16-18(12-14)33(31,32)26-21(25-16)19-20(28)15-4-2-3-5-17(15)27(23(19)30)11-10-13-6-7-13/h2-5,8-9,12-13,28H,6-7,10-11H2,1H3,(H,24,29)(H,25,26). The minimum absolute atomic E-state index is 0.163. The normalized spacial score (nSPS) is 16.6. The van der Waals surface area contributed by atoms with Crippen molar-refractivity contribution in [3.05, 3.63) is 63.9 Å². The number of rotatable bonds is 5. The van der Waals surface area contributed by atoms with Crippen molar-refractivity contribution in [2.24, 2.45) is 10.3 Å². The summed E-state index contributed by atoms with van der Waals surface area (Å²) in [4.78, 5) is 25.2. The molecule has 5 rings (SSSR count). The van der Waals surface area contributed by atoms with Gasteiger partial charge in [-0.3, -0.25) is 9.59 Å². The molecule has 2 aliphatic rings. The van der Waals surface area contributed by atoms with Crippen LogP contribution in [0.25, 0.3) is 10.9 Å². The van der Waals surface area contributed by atoms with Crippen molar-refractivity contribution in [3.63, 3.8) is 0 Å². The van der Waals surface area contributed by atoms with Crippen LogP contribution in [-0.4, -0.2) is 36.9 Å². The molecule has 1 aliphatic heterocycles. The van der Waals surface area contributed by atoms with Gasteiger partial charge in [-0.25, -0.2) is 0 Å². The van der Waals surface area contributed by atoms with Gasteiger partial charge in [-0.15, -0.1) is 4.40 Å². The number of hydrogen-bond donors (Lipinski definition) is 3. The second-order valence-corrected chi connectivity index (χ2v) is 9.83. The molecule has 33 heavy (non-hydrogen) atoms. The molecule has 1 aromatic heterocycles. The molecule has 0 unspecified atom stereocenters. The first-order valence-electron chi connectivity index (χ1n) is 10.6. The van der Waals surface area contributed by atoms with Crippen molar-refractivity contribution in [3.8, 4) is 5.75 Å². The number of anilines is 1. The van der Waals surface area contributed by atoms with E-state index in [2.05, 4.69) is 15.0 Å². The number of hydrogen-bond acceptors (Lipinski definition) is 6. The topological polar surface area (TPSA) is 130 Å². The van der Waals surface area contributed by atoms with Crippen molar-refractivity contribution < 1.29 is 18.3 Å². The summed E-state index contributed by atoms with van der Waals surface area (Å²) in [5, 5.41) is 16.7. The maximum atomic E-state index is 13.5. The number of carbonyl (C=O) groups is 1. The van der Waals surface area contributed by atoms with Crippen LogP contribution >= 0.6 is 0 Å². The van der Waals surface area contributed by atoms with Crippen molar-refractivity contribution in [1.82, 2.24) is 9.88 Å². The predicted octanol–water partition coefficient (Wildman–Crippen LogP) is 2.43. The lowest BCUT2D eigenvalue weighted by Gasteiger charge is -2.21. The van der Waals surface area contributed by atoms with Crippen LogP contribution in [0.15, 0.2) is 56.6 Å². The molecular weight excluding hydrogens is 444 g/mol. The van der Waals surface area contributed by atoms with Gasteiger partial charge in [-0.1, -0.05) is 25.0 Å². The minimum Gasteiger partial charge on any atom is -0.506 e. The average molecular weight is 467 g/mol. The number of aryl methyl sites for hydroxylation is 1. The van der Waals surface area contributed by atoms with E-state index in [9.17, 15) is 23.1 Å². The van der Waals surface area contributed by atoms with Crippen molar-refractivity contribution in [2.45, 2.75) is 30.7 Å². The van der Waals surface area contributed by atoms with Gasteiger partial charge in [0, 0.05) is 24.5 Å². The summed E-state index contributed by atoms with van der Waals surface area (Å²) in [6, 6.07) is 11.1. The molecule has 10 heteroatoms. The molecule has 0 spiro atoms. The van der Waals surface area contributed by atoms with E-state index in [-0.39, 0.29) is 33.3 Å². The highest BCUT2D eigenvalue weighted by molar-refractivity contribution is 7.90. The molecule has 0 radical (unpaired) electrons. The number of amides is 1. The Balaban J connectivity index is 1.67. The predicted molar refractivity (Wildman–Crippen MR) is 124 cm³/mol. The van der Waals surface area contributed by atoms with Gasteiger partial charge in [0.25, 0.3) is 21.5 Å². The Morgan fingerprint density at radius 3 is 2.73 bits per heavy atom. The van der Waals surface area contributed by atoms with Crippen LogP contribution in [0.5, 0.6) is 5.75 Å². The van der Waals surface area contributed by atoms with Crippen LogP contribution in [0.3, 0.4) is 0 Å². The molecule has 170 valence electrons. The van der Waals surface area contributed by atoms with Crippen LogP contribution in [0, 0.1) is 5.92 Å². The SMILES string of the molecule is CNC(=O)c1ccc2c(c1)S(=O)(=O)N=C(c1c(O)c3ccccc3n(CCC3CC3)c1=O)N2. The zero-order chi connectivity index (χ0) is 23.3. The van der Waals surface area contributed by atoms with E-state index in [1.54, 1.807) is 28.8 Å². The summed E-state index contributed by atoms with van der Waals surface area (Å²) in [6.45, 7) is 0.462. The lowest BCUT2D eigenvalue weighted by molar-refractivity contribution is 0.0963. The molecule has 1 amide bonds. The molecule has 3 aromatic rings. The Labute approximate surface area is 189 Å². The third kappa shape index (κ3) is 3.66. The van der Waals surface area contributed by atoms with Gasteiger partial charge in [0.15, 0.2) is 5.84 Å². The second-order valence-electron chi connectivity index (χ2n) is 8.26. The minimum atomic E-state index is -4.23. The van der Waals surface area contributed by atoms with E-state index < -0.39 is 21.5 Å². The average Bonchev–Trinajstić information content (AvgIpc) is 3.62. The lowest BCUT2D eigenvalue weighted by atomic mass is 10.1. The molecule has 0 bridgehead atoms. The van der Waals surface area contributed by atoms with Crippen molar-refractivity contribution >= 4 is 38.4 Å². The van der Waals surface area contributed by atoms with E-state index in [4.69, 9.17) is 0 Å². The summed E-state index contributed by atoms with van der Waals surface area (Å²) in [5.74, 6) is -0.429. The number of sulfonamides is 1. The van der Waals surface area contributed by atoms with Gasteiger partial charge in [0.2, 0.25) is 0 Å². The Kier molecular flexibility index (Phi) is 4.97. The largest absolute Gasteiger partial charge is 0.506 e. The van der Waals surface area contributed by atoms with Gasteiger partial charge < -0.3 is 20.3 Å². The molecule has 1 fully saturated rings. The van der Waals surface area contributed by atoms with Crippen LogP contribution in [0.1, 0.15) is 35.2 Å². The Morgan fingerprint density at radius 2 is 2.00 bits per heavy atom. The third-order valence-corrected chi connectivity index (χ3v) is 7.37. The summed E-state index contributed by atoms with van der Waals surface area (Å²) in [7, 11) is -2.79. The number of carbonyl (C=O) groups excluding carboxylic acids is 1. The number of aromatic nitrogens is 1. The number of nitrogens with zero attached hydrogens (tertiary/aromatic N) is 2. The molecule has 0 atom stereocenters. The van der Waals surface area contributed by atoms with Crippen LogP contribution in [-0.2, 0) is 16.6 Å². The number of aromatic hydroxyl groups is 1. The molecule has 3 N–H and O–H groups in total. The number of fused-ring (bicyclic) bond motifs is 2. The van der Waals surface area contributed by atoms with E-state index in [1.807, 2.05) is 0 Å². The van der Waals surface area contributed by atoms with Crippen LogP contribution in [0.2, 0.25) is 0 Å². The number of nitrogens with one attached hydrogen (secondary N) is 2. The summed E-state index contributed by atoms with van der Waals surface area (Å²) >= 11 is 0. The molecule has 2 aromatic carbocycles. The fourth-order valence-electron chi connectivity index (χ4n) is 4.10. The van der Waals surface area contributed by atoms with Gasteiger partial charge in [0.1, 0.15) is 16.2 Å². The summed E-state index contributed by atoms with van der Waals surface area (Å²) in [6.07, 6.45) is 3.11. The first-order chi connectivity index (χ1) is 15.8. The van der Waals surface area contributed by atoms with Gasteiger partial charge in [-0.2, -0.15) is 8.42 Å². The molecular formula is C23H22N4O5S. The van der Waals surface area contributed by atoms with E-state index in [0.717, 1.165) is 19.3 Å². The van der Waals surface area contributed by atoms with Crippen molar-refractivity contribution in [1.29, 1.82) is 0 Å². The van der Waals surface area contributed by atoms with Gasteiger partial charge >= 0.3 is 0 Å². The number of pyridine rings is 1. The molecule has 0 saturated heterocycles. The molecule has 1 saturated carbocycles. The third-order valence-electron chi connectivity index (χ3n) is 6.05. The monoisotopic (exact) mass is 466 g/mol. The fourth-order valence-corrected chi connectivity index (χ4v) is 5.24. The summed E-state index contributed by atoms with van der Waals surface area (Å²) < 4.78 is 31.3. The van der Waals surface area contributed by atoms with E-state index in [0.29, 0.717) is 23.4 Å². The highest BCUT2D eigenvalue weighted by atomic mass is 32.2. The smallest absolute Gasteiger partial charge is 0.286 e. The maximum Gasteiger partial charge on any atom is 0.286 e. The quantitative estimate of drug-likeness (QED) is 0.530. The number of para-hydroxylation sites is 1. The molecule has 9 nitrogen and oxygen atoms in total. The van der Waals surface area contributed by atoms with E-state index >= 15 is 0 Å². The zero-order valence-electron chi connectivity index (χ0n) is 17.8. The van der Waals surface area contributed by atoms with Gasteiger partial charge in [0.05, 0.1) is 11.2 Å². The first-order valence-corrected chi connectivity index (χ1v) is 12.1. The highest BCUT2D eigenvalue weighted by Gasteiger charge is 2.31. The van der Waals surface area contributed by atoms with Crippen LogP contribution < -0.4 is 16.2 Å².